The Bertz CT molecular complexity index is 1130. The van der Waals surface area contributed by atoms with Crippen LogP contribution in [0.15, 0.2) is 65.1 Å². The van der Waals surface area contributed by atoms with E-state index in [1.54, 1.807) is 6.07 Å². The predicted octanol–water partition coefficient (Wildman–Crippen LogP) is 7.57. The van der Waals surface area contributed by atoms with Crippen molar-refractivity contribution in [3.05, 3.63) is 72.0 Å². The number of rotatable bonds is 8. The van der Waals surface area contributed by atoms with Crippen LogP contribution in [0.5, 0.6) is 5.75 Å². The molecule has 0 N–H and O–H groups in total. The highest BCUT2D eigenvalue weighted by Gasteiger charge is 2.12. The summed E-state index contributed by atoms with van der Waals surface area (Å²) < 4.78 is 26.4. The van der Waals surface area contributed by atoms with Gasteiger partial charge in [0, 0.05) is 11.1 Å². The van der Waals surface area contributed by atoms with E-state index in [1.807, 2.05) is 55.5 Å². The first-order valence-electron chi connectivity index (χ1n) is 10.5. The Kier molecular flexibility index (Phi) is 6.12. The average molecular weight is 403 g/mol. The molecule has 0 unspecified atom stereocenters. The van der Waals surface area contributed by atoms with Gasteiger partial charge in [-0.05, 0) is 60.9 Å². The van der Waals surface area contributed by atoms with Crippen molar-refractivity contribution in [1.82, 2.24) is 4.98 Å². The molecule has 0 radical (unpaired) electrons. The highest BCUT2D eigenvalue weighted by Crippen LogP contribution is 2.30. The SMILES string of the molecule is CCCCCCOc1ccc(-c2ccc(-c3nc4cc(C)ccc4o3)cc2F)cc1. The van der Waals surface area contributed by atoms with E-state index in [-0.39, 0.29) is 5.82 Å². The van der Waals surface area contributed by atoms with Crippen molar-refractivity contribution < 1.29 is 13.5 Å². The van der Waals surface area contributed by atoms with Crippen LogP contribution in [0.3, 0.4) is 0 Å². The smallest absolute Gasteiger partial charge is 0.227 e. The van der Waals surface area contributed by atoms with E-state index < -0.39 is 0 Å². The number of oxazole rings is 1. The van der Waals surface area contributed by atoms with E-state index in [4.69, 9.17) is 9.15 Å². The topological polar surface area (TPSA) is 35.3 Å². The number of nitrogens with zero attached hydrogens (tertiary/aromatic N) is 1. The third-order valence-corrected chi connectivity index (χ3v) is 5.19. The number of fused-ring (bicyclic) bond motifs is 1. The molecular formula is C26H26FNO2. The Labute approximate surface area is 176 Å². The van der Waals surface area contributed by atoms with E-state index >= 15 is 0 Å². The Hall–Kier alpha value is -3.14. The summed E-state index contributed by atoms with van der Waals surface area (Å²) in [5.41, 5.74) is 4.56. The summed E-state index contributed by atoms with van der Waals surface area (Å²) in [5.74, 6) is 0.932. The molecule has 0 spiro atoms. The molecule has 0 amide bonds. The van der Waals surface area contributed by atoms with Crippen molar-refractivity contribution >= 4 is 11.1 Å². The van der Waals surface area contributed by atoms with Gasteiger partial charge in [0.1, 0.15) is 17.1 Å². The lowest BCUT2D eigenvalue weighted by molar-refractivity contribution is 0.305. The zero-order valence-electron chi connectivity index (χ0n) is 17.5. The molecule has 30 heavy (non-hydrogen) atoms. The summed E-state index contributed by atoms with van der Waals surface area (Å²) in [5, 5.41) is 0. The van der Waals surface area contributed by atoms with E-state index in [9.17, 15) is 4.39 Å². The van der Waals surface area contributed by atoms with Gasteiger partial charge in [0.15, 0.2) is 5.58 Å². The third-order valence-electron chi connectivity index (χ3n) is 5.19. The van der Waals surface area contributed by atoms with Crippen molar-refractivity contribution in [3.8, 4) is 28.3 Å². The fourth-order valence-electron chi connectivity index (χ4n) is 3.49. The second-order valence-corrected chi connectivity index (χ2v) is 7.62. The minimum Gasteiger partial charge on any atom is -0.494 e. The summed E-state index contributed by atoms with van der Waals surface area (Å²) in [4.78, 5) is 4.50. The lowest BCUT2D eigenvalue weighted by atomic mass is 10.0. The minimum atomic E-state index is -0.306. The molecule has 0 aliphatic heterocycles. The van der Waals surface area contributed by atoms with Gasteiger partial charge in [-0.15, -0.1) is 0 Å². The standard InChI is InChI=1S/C26H26FNO2/c1-3-4-5-6-15-29-21-11-8-19(9-12-21)22-13-10-20(17-23(22)27)26-28-24-16-18(2)7-14-25(24)30-26/h7-14,16-17H,3-6,15H2,1-2H3. The maximum atomic E-state index is 14.9. The van der Waals surface area contributed by atoms with Crippen molar-refractivity contribution in [2.75, 3.05) is 6.61 Å². The van der Waals surface area contributed by atoms with Gasteiger partial charge < -0.3 is 9.15 Å². The quantitative estimate of drug-likeness (QED) is 0.285. The van der Waals surface area contributed by atoms with Gasteiger partial charge >= 0.3 is 0 Å². The molecule has 0 atom stereocenters. The molecular weight excluding hydrogens is 377 g/mol. The minimum absolute atomic E-state index is 0.306. The Morgan fingerprint density at radius 3 is 2.47 bits per heavy atom. The van der Waals surface area contributed by atoms with Crippen molar-refractivity contribution in [2.45, 2.75) is 39.5 Å². The van der Waals surface area contributed by atoms with Crippen molar-refractivity contribution in [3.63, 3.8) is 0 Å². The molecule has 0 bridgehead atoms. The number of aromatic nitrogens is 1. The lowest BCUT2D eigenvalue weighted by Crippen LogP contribution is -1.97. The first kappa shape index (κ1) is 20.1. The van der Waals surface area contributed by atoms with E-state index in [0.717, 1.165) is 28.8 Å². The lowest BCUT2D eigenvalue weighted by Gasteiger charge is -2.08. The molecule has 0 saturated heterocycles. The Morgan fingerprint density at radius 1 is 0.900 bits per heavy atom. The number of hydrogen-bond acceptors (Lipinski definition) is 3. The third kappa shape index (κ3) is 4.54. The summed E-state index contributed by atoms with van der Waals surface area (Å²) in [7, 11) is 0. The summed E-state index contributed by atoms with van der Waals surface area (Å²) in [6.07, 6.45) is 4.69. The number of halogens is 1. The van der Waals surface area contributed by atoms with Gasteiger partial charge in [0.05, 0.1) is 6.61 Å². The first-order valence-corrected chi connectivity index (χ1v) is 10.5. The van der Waals surface area contributed by atoms with Gasteiger partial charge in [-0.2, -0.15) is 0 Å². The van der Waals surface area contributed by atoms with Crippen LogP contribution >= 0.6 is 0 Å². The van der Waals surface area contributed by atoms with E-state index in [2.05, 4.69) is 11.9 Å². The predicted molar refractivity (Wildman–Crippen MR) is 119 cm³/mol. The number of ether oxygens (including phenoxy) is 1. The van der Waals surface area contributed by atoms with Gasteiger partial charge in [0.2, 0.25) is 5.89 Å². The molecule has 3 nitrogen and oxygen atoms in total. The van der Waals surface area contributed by atoms with Crippen LogP contribution in [-0.4, -0.2) is 11.6 Å². The van der Waals surface area contributed by atoms with Crippen LogP contribution in [0.1, 0.15) is 38.2 Å². The van der Waals surface area contributed by atoms with E-state index in [0.29, 0.717) is 29.2 Å². The van der Waals surface area contributed by atoms with Crippen molar-refractivity contribution in [1.29, 1.82) is 0 Å². The molecule has 1 heterocycles. The number of unbranched alkanes of at least 4 members (excludes halogenated alkanes) is 3. The number of aryl methyl sites for hydroxylation is 1. The normalized spacial score (nSPS) is 11.2. The van der Waals surface area contributed by atoms with Gasteiger partial charge in [0.25, 0.3) is 0 Å². The molecule has 1 aromatic heterocycles. The van der Waals surface area contributed by atoms with E-state index in [1.165, 1.54) is 25.3 Å². The molecule has 4 aromatic rings. The largest absolute Gasteiger partial charge is 0.494 e. The Morgan fingerprint density at radius 2 is 1.70 bits per heavy atom. The molecule has 0 aliphatic rings. The fraction of sp³-hybridized carbons (Fsp3) is 0.269. The second kappa shape index (κ2) is 9.12. The van der Waals surface area contributed by atoms with Gasteiger partial charge in [-0.1, -0.05) is 50.5 Å². The van der Waals surface area contributed by atoms with Crippen LogP contribution in [0, 0.1) is 12.7 Å². The fourth-order valence-corrected chi connectivity index (χ4v) is 3.49. The van der Waals surface area contributed by atoms with Crippen LogP contribution in [0.25, 0.3) is 33.7 Å². The summed E-state index contributed by atoms with van der Waals surface area (Å²) >= 11 is 0. The molecule has 0 fully saturated rings. The van der Waals surface area contributed by atoms with Gasteiger partial charge in [-0.25, -0.2) is 9.37 Å². The molecule has 0 aliphatic carbocycles. The highest BCUT2D eigenvalue weighted by atomic mass is 19.1. The average Bonchev–Trinajstić information content (AvgIpc) is 3.17. The molecule has 154 valence electrons. The van der Waals surface area contributed by atoms with Gasteiger partial charge in [-0.3, -0.25) is 0 Å². The monoisotopic (exact) mass is 403 g/mol. The number of hydrogen-bond donors (Lipinski definition) is 0. The van der Waals surface area contributed by atoms with Crippen LogP contribution in [0.2, 0.25) is 0 Å². The van der Waals surface area contributed by atoms with Crippen molar-refractivity contribution in [2.24, 2.45) is 0 Å². The second-order valence-electron chi connectivity index (χ2n) is 7.62. The first-order chi connectivity index (χ1) is 14.6. The number of benzene rings is 3. The van der Waals surface area contributed by atoms with Crippen LogP contribution in [-0.2, 0) is 0 Å². The van der Waals surface area contributed by atoms with Crippen LogP contribution in [0.4, 0.5) is 4.39 Å². The molecule has 4 rings (SSSR count). The van der Waals surface area contributed by atoms with Crippen LogP contribution < -0.4 is 4.74 Å². The molecule has 4 heteroatoms. The maximum Gasteiger partial charge on any atom is 0.227 e. The highest BCUT2D eigenvalue weighted by molar-refractivity contribution is 5.77. The Balaban J connectivity index is 1.48. The molecule has 3 aromatic carbocycles. The zero-order valence-corrected chi connectivity index (χ0v) is 17.5. The zero-order chi connectivity index (χ0) is 20.9. The maximum absolute atomic E-state index is 14.9. The molecule has 0 saturated carbocycles. The summed E-state index contributed by atoms with van der Waals surface area (Å²) in [6, 6.07) is 18.5. The summed E-state index contributed by atoms with van der Waals surface area (Å²) in [6.45, 7) is 4.91.